The lowest BCUT2D eigenvalue weighted by molar-refractivity contribution is -0.117. The van der Waals surface area contributed by atoms with Crippen LogP contribution in [0.5, 0.6) is 0 Å². The van der Waals surface area contributed by atoms with Gasteiger partial charge in [-0.25, -0.2) is 0 Å². The van der Waals surface area contributed by atoms with E-state index in [0.717, 1.165) is 36.8 Å². The maximum Gasteiger partial charge on any atom is 0.238 e. The van der Waals surface area contributed by atoms with E-state index in [4.69, 9.17) is 0 Å². The van der Waals surface area contributed by atoms with Crippen LogP contribution in [-0.2, 0) is 4.79 Å². The largest absolute Gasteiger partial charge is 0.325 e. The number of piperidine rings is 1. The minimum atomic E-state index is 0.0892. The minimum Gasteiger partial charge on any atom is -0.325 e. The molecule has 110 valence electrons. The highest BCUT2D eigenvalue weighted by atomic mass is 16.2. The summed E-state index contributed by atoms with van der Waals surface area (Å²) >= 11 is 0. The van der Waals surface area contributed by atoms with E-state index in [-0.39, 0.29) is 5.91 Å². The number of aryl methyl sites for hydroxylation is 1. The Morgan fingerprint density at radius 2 is 2.00 bits per heavy atom. The van der Waals surface area contributed by atoms with E-state index in [1.165, 1.54) is 12.8 Å². The molecule has 4 heteroatoms. The molecule has 1 aliphatic rings. The van der Waals surface area contributed by atoms with Crippen LogP contribution >= 0.6 is 0 Å². The molecule has 1 amide bonds. The third-order valence-electron chi connectivity index (χ3n) is 3.99. The van der Waals surface area contributed by atoms with Crippen molar-refractivity contribution in [2.24, 2.45) is 5.92 Å². The van der Waals surface area contributed by atoms with Crippen LogP contribution in [0.2, 0.25) is 0 Å². The van der Waals surface area contributed by atoms with Crippen molar-refractivity contribution in [2.75, 3.05) is 38.5 Å². The summed E-state index contributed by atoms with van der Waals surface area (Å²) < 4.78 is 0. The molecule has 1 fully saturated rings. The van der Waals surface area contributed by atoms with Crippen LogP contribution in [-0.4, -0.2) is 44.0 Å². The SMILES string of the molecule is CNCC1CCN(CC(=O)Nc2ccccc2C)CC1. The molecule has 4 nitrogen and oxygen atoms in total. The Balaban J connectivity index is 1.77. The van der Waals surface area contributed by atoms with Crippen LogP contribution in [0.4, 0.5) is 5.69 Å². The summed E-state index contributed by atoms with van der Waals surface area (Å²) in [5.41, 5.74) is 2.02. The van der Waals surface area contributed by atoms with Crippen LogP contribution in [0.15, 0.2) is 24.3 Å². The highest BCUT2D eigenvalue weighted by Crippen LogP contribution is 2.17. The van der Waals surface area contributed by atoms with Crippen molar-refractivity contribution in [3.8, 4) is 0 Å². The number of nitrogens with zero attached hydrogens (tertiary/aromatic N) is 1. The van der Waals surface area contributed by atoms with Gasteiger partial charge < -0.3 is 10.6 Å². The molecule has 1 aliphatic heterocycles. The molecule has 1 saturated heterocycles. The average molecular weight is 275 g/mol. The van der Waals surface area contributed by atoms with Gasteiger partial charge in [-0.15, -0.1) is 0 Å². The molecule has 1 heterocycles. The number of rotatable bonds is 5. The van der Waals surface area contributed by atoms with Crippen LogP contribution in [0, 0.1) is 12.8 Å². The highest BCUT2D eigenvalue weighted by Gasteiger charge is 2.20. The Bertz CT molecular complexity index is 439. The number of likely N-dealkylation sites (tertiary alicyclic amines) is 1. The molecule has 0 unspecified atom stereocenters. The van der Waals surface area contributed by atoms with Gasteiger partial charge in [-0.3, -0.25) is 9.69 Å². The molecule has 0 atom stereocenters. The van der Waals surface area contributed by atoms with Gasteiger partial charge in [0.1, 0.15) is 0 Å². The summed E-state index contributed by atoms with van der Waals surface area (Å²) in [4.78, 5) is 14.3. The highest BCUT2D eigenvalue weighted by molar-refractivity contribution is 5.92. The molecule has 1 aromatic carbocycles. The van der Waals surface area contributed by atoms with Crippen molar-refractivity contribution in [2.45, 2.75) is 19.8 Å². The topological polar surface area (TPSA) is 44.4 Å². The van der Waals surface area contributed by atoms with Gasteiger partial charge in [0.15, 0.2) is 0 Å². The summed E-state index contributed by atoms with van der Waals surface area (Å²) in [6.07, 6.45) is 2.36. The number of carbonyl (C=O) groups is 1. The third-order valence-corrected chi connectivity index (χ3v) is 3.99. The van der Waals surface area contributed by atoms with E-state index in [2.05, 4.69) is 15.5 Å². The molecule has 0 aliphatic carbocycles. The molecule has 0 spiro atoms. The summed E-state index contributed by atoms with van der Waals surface area (Å²) in [7, 11) is 2.00. The number of para-hydroxylation sites is 1. The van der Waals surface area contributed by atoms with Gasteiger partial charge in [-0.1, -0.05) is 18.2 Å². The third kappa shape index (κ3) is 4.32. The summed E-state index contributed by atoms with van der Waals surface area (Å²) in [5, 5.41) is 6.24. The molecular formula is C16H25N3O. The maximum absolute atomic E-state index is 12.1. The number of anilines is 1. The van der Waals surface area contributed by atoms with E-state index in [1.54, 1.807) is 0 Å². The molecule has 2 rings (SSSR count). The van der Waals surface area contributed by atoms with Crippen molar-refractivity contribution in [1.29, 1.82) is 0 Å². The number of hydrogen-bond acceptors (Lipinski definition) is 3. The van der Waals surface area contributed by atoms with Crippen LogP contribution in [0.3, 0.4) is 0 Å². The molecular weight excluding hydrogens is 250 g/mol. The molecule has 0 aromatic heterocycles. The second kappa shape index (κ2) is 7.41. The van der Waals surface area contributed by atoms with Crippen LogP contribution in [0.1, 0.15) is 18.4 Å². The van der Waals surface area contributed by atoms with Gasteiger partial charge in [-0.2, -0.15) is 0 Å². The molecule has 20 heavy (non-hydrogen) atoms. The molecule has 0 radical (unpaired) electrons. The van der Waals surface area contributed by atoms with Crippen molar-refractivity contribution in [3.05, 3.63) is 29.8 Å². The summed E-state index contributed by atoms with van der Waals surface area (Å²) in [6.45, 7) is 5.64. The lowest BCUT2D eigenvalue weighted by atomic mass is 9.97. The first kappa shape index (κ1) is 15.0. The van der Waals surface area contributed by atoms with Gasteiger partial charge in [-0.05, 0) is 64.0 Å². The average Bonchev–Trinajstić information content (AvgIpc) is 2.44. The number of amides is 1. The second-order valence-corrected chi connectivity index (χ2v) is 5.64. The number of carbonyl (C=O) groups excluding carboxylic acids is 1. The predicted octanol–water partition coefficient (Wildman–Crippen LogP) is 1.86. The maximum atomic E-state index is 12.1. The van der Waals surface area contributed by atoms with Gasteiger partial charge in [0.25, 0.3) is 0 Å². The van der Waals surface area contributed by atoms with E-state index in [0.29, 0.717) is 6.54 Å². The summed E-state index contributed by atoms with van der Waals surface area (Å²) in [6, 6.07) is 7.90. The Morgan fingerprint density at radius 1 is 1.30 bits per heavy atom. The molecule has 1 aromatic rings. The first-order chi connectivity index (χ1) is 9.69. The fourth-order valence-corrected chi connectivity index (χ4v) is 2.74. The van der Waals surface area contributed by atoms with E-state index >= 15 is 0 Å². The Morgan fingerprint density at radius 3 is 2.65 bits per heavy atom. The van der Waals surface area contributed by atoms with E-state index in [9.17, 15) is 4.79 Å². The smallest absolute Gasteiger partial charge is 0.238 e. The van der Waals surface area contributed by atoms with Gasteiger partial charge in [0.2, 0.25) is 5.91 Å². The Kier molecular flexibility index (Phi) is 5.56. The number of hydrogen-bond donors (Lipinski definition) is 2. The Labute approximate surface area is 121 Å². The first-order valence-corrected chi connectivity index (χ1v) is 7.41. The number of benzene rings is 1. The lowest BCUT2D eigenvalue weighted by Gasteiger charge is -2.31. The molecule has 0 bridgehead atoms. The van der Waals surface area contributed by atoms with E-state index < -0.39 is 0 Å². The second-order valence-electron chi connectivity index (χ2n) is 5.64. The van der Waals surface area contributed by atoms with Gasteiger partial charge in [0.05, 0.1) is 6.54 Å². The quantitative estimate of drug-likeness (QED) is 0.862. The van der Waals surface area contributed by atoms with Crippen molar-refractivity contribution in [1.82, 2.24) is 10.2 Å². The van der Waals surface area contributed by atoms with Crippen molar-refractivity contribution < 1.29 is 4.79 Å². The minimum absolute atomic E-state index is 0.0892. The monoisotopic (exact) mass is 275 g/mol. The van der Waals surface area contributed by atoms with Gasteiger partial charge in [0, 0.05) is 5.69 Å². The first-order valence-electron chi connectivity index (χ1n) is 7.41. The fourth-order valence-electron chi connectivity index (χ4n) is 2.74. The number of nitrogens with one attached hydrogen (secondary N) is 2. The molecule has 0 saturated carbocycles. The zero-order valence-electron chi connectivity index (χ0n) is 12.5. The predicted molar refractivity (Wildman–Crippen MR) is 82.9 cm³/mol. The zero-order chi connectivity index (χ0) is 14.4. The van der Waals surface area contributed by atoms with Crippen LogP contribution in [0.25, 0.3) is 0 Å². The van der Waals surface area contributed by atoms with Crippen molar-refractivity contribution in [3.63, 3.8) is 0 Å². The van der Waals surface area contributed by atoms with Crippen LogP contribution < -0.4 is 10.6 Å². The van der Waals surface area contributed by atoms with Crippen molar-refractivity contribution >= 4 is 11.6 Å². The van der Waals surface area contributed by atoms with E-state index in [1.807, 2.05) is 38.2 Å². The normalized spacial score (nSPS) is 17.1. The zero-order valence-corrected chi connectivity index (χ0v) is 12.5. The fraction of sp³-hybridized carbons (Fsp3) is 0.562. The summed E-state index contributed by atoms with van der Waals surface area (Å²) in [5.74, 6) is 0.849. The molecule has 2 N–H and O–H groups in total. The lowest BCUT2D eigenvalue weighted by Crippen LogP contribution is -2.40. The Hall–Kier alpha value is -1.39. The van der Waals surface area contributed by atoms with Gasteiger partial charge >= 0.3 is 0 Å². The standard InChI is InChI=1S/C16H25N3O/c1-13-5-3-4-6-15(13)18-16(20)12-19-9-7-14(8-10-19)11-17-2/h3-6,14,17H,7-12H2,1-2H3,(H,18,20).